The topological polar surface area (TPSA) is 55.1 Å². The van der Waals surface area contributed by atoms with Crippen molar-refractivity contribution in [1.82, 2.24) is 5.32 Å². The van der Waals surface area contributed by atoms with Crippen LogP contribution in [0, 0.1) is 11.3 Å². The van der Waals surface area contributed by atoms with Gasteiger partial charge in [0.1, 0.15) is 0 Å². The van der Waals surface area contributed by atoms with Gasteiger partial charge >= 0.3 is 0 Å². The van der Waals surface area contributed by atoms with Crippen molar-refractivity contribution in [3.63, 3.8) is 0 Å². The van der Waals surface area contributed by atoms with E-state index in [0.29, 0.717) is 19.0 Å². The Hall–Kier alpha value is -0.570. The number of rotatable bonds is 6. The Morgan fingerprint density at radius 3 is 2.67 bits per heavy atom. The monoisotopic (exact) mass is 254 g/mol. The van der Waals surface area contributed by atoms with E-state index in [1.807, 2.05) is 0 Å². The number of hydrogen-bond acceptors (Lipinski definition) is 2. The standard InChI is InChI=1S/C15H30N2O/c1-12-5-4-6-13(11-12)17-14(18)7-8-15(2,3)9-10-16/h12-13H,4-11,16H2,1-3H3,(H,17,18). The second-order valence-electron chi connectivity index (χ2n) is 6.74. The van der Waals surface area contributed by atoms with Gasteiger partial charge in [-0.2, -0.15) is 0 Å². The predicted octanol–water partition coefficient (Wildman–Crippen LogP) is 2.84. The maximum absolute atomic E-state index is 11.9. The first-order valence-electron chi connectivity index (χ1n) is 7.42. The molecular formula is C15H30N2O. The molecule has 1 saturated carbocycles. The van der Waals surface area contributed by atoms with E-state index in [2.05, 4.69) is 26.1 Å². The molecule has 0 heterocycles. The Morgan fingerprint density at radius 1 is 1.33 bits per heavy atom. The van der Waals surface area contributed by atoms with Crippen LogP contribution in [0.3, 0.4) is 0 Å². The van der Waals surface area contributed by atoms with Crippen LogP contribution < -0.4 is 11.1 Å². The molecule has 0 spiro atoms. The van der Waals surface area contributed by atoms with Gasteiger partial charge in [0.25, 0.3) is 0 Å². The number of carbonyl (C=O) groups is 1. The molecule has 0 radical (unpaired) electrons. The fraction of sp³-hybridized carbons (Fsp3) is 0.933. The summed E-state index contributed by atoms with van der Waals surface area (Å²) in [6, 6.07) is 0.416. The summed E-state index contributed by atoms with van der Waals surface area (Å²) >= 11 is 0. The highest BCUT2D eigenvalue weighted by Gasteiger charge is 2.22. The molecule has 1 aliphatic rings. The van der Waals surface area contributed by atoms with Gasteiger partial charge in [0.05, 0.1) is 0 Å². The first-order chi connectivity index (χ1) is 8.43. The van der Waals surface area contributed by atoms with Crippen LogP contribution in [0.15, 0.2) is 0 Å². The molecule has 0 aromatic rings. The lowest BCUT2D eigenvalue weighted by Crippen LogP contribution is -2.38. The van der Waals surface area contributed by atoms with Gasteiger partial charge < -0.3 is 11.1 Å². The Morgan fingerprint density at radius 2 is 2.06 bits per heavy atom. The Labute approximate surface area is 112 Å². The SMILES string of the molecule is CC1CCCC(NC(=O)CCC(C)(C)CCN)C1. The van der Waals surface area contributed by atoms with Gasteiger partial charge in [-0.3, -0.25) is 4.79 Å². The molecule has 1 aliphatic carbocycles. The molecule has 18 heavy (non-hydrogen) atoms. The van der Waals surface area contributed by atoms with E-state index >= 15 is 0 Å². The van der Waals surface area contributed by atoms with Crippen LogP contribution in [-0.2, 0) is 4.79 Å². The molecule has 3 heteroatoms. The van der Waals surface area contributed by atoms with E-state index in [1.165, 1.54) is 12.8 Å². The number of hydrogen-bond donors (Lipinski definition) is 2. The van der Waals surface area contributed by atoms with E-state index in [4.69, 9.17) is 5.73 Å². The largest absolute Gasteiger partial charge is 0.353 e. The third kappa shape index (κ3) is 5.85. The van der Waals surface area contributed by atoms with Crippen molar-refractivity contribution in [2.24, 2.45) is 17.1 Å². The molecule has 0 aliphatic heterocycles. The summed E-state index contributed by atoms with van der Waals surface area (Å²) < 4.78 is 0. The first-order valence-corrected chi connectivity index (χ1v) is 7.42. The van der Waals surface area contributed by atoms with Crippen molar-refractivity contribution in [3.05, 3.63) is 0 Å². The minimum Gasteiger partial charge on any atom is -0.353 e. The zero-order valence-corrected chi connectivity index (χ0v) is 12.3. The van der Waals surface area contributed by atoms with Crippen molar-refractivity contribution in [1.29, 1.82) is 0 Å². The quantitative estimate of drug-likeness (QED) is 0.766. The van der Waals surface area contributed by atoms with Crippen molar-refractivity contribution in [3.8, 4) is 0 Å². The van der Waals surface area contributed by atoms with Gasteiger partial charge in [-0.25, -0.2) is 0 Å². The number of amides is 1. The molecule has 1 amide bonds. The number of nitrogens with one attached hydrogen (secondary N) is 1. The highest BCUT2D eigenvalue weighted by molar-refractivity contribution is 5.76. The zero-order valence-electron chi connectivity index (χ0n) is 12.3. The Bertz CT molecular complexity index is 263. The van der Waals surface area contributed by atoms with Crippen molar-refractivity contribution in [2.45, 2.75) is 71.8 Å². The summed E-state index contributed by atoms with van der Waals surface area (Å²) in [7, 11) is 0. The molecule has 0 bridgehead atoms. The number of nitrogens with two attached hydrogens (primary N) is 1. The van der Waals surface area contributed by atoms with Crippen LogP contribution in [0.1, 0.15) is 65.7 Å². The summed E-state index contributed by atoms with van der Waals surface area (Å²) in [6.45, 7) is 7.36. The molecule has 106 valence electrons. The molecule has 0 aromatic carbocycles. The minimum absolute atomic E-state index is 0.186. The van der Waals surface area contributed by atoms with Crippen molar-refractivity contribution < 1.29 is 4.79 Å². The van der Waals surface area contributed by atoms with Crippen molar-refractivity contribution in [2.75, 3.05) is 6.54 Å². The lowest BCUT2D eigenvalue weighted by atomic mass is 9.84. The molecule has 1 rings (SSSR count). The molecule has 1 fully saturated rings. The number of carbonyl (C=O) groups excluding carboxylic acids is 1. The molecule has 2 atom stereocenters. The molecule has 0 aromatic heterocycles. The van der Waals surface area contributed by atoms with Gasteiger partial charge in [0.15, 0.2) is 0 Å². The summed E-state index contributed by atoms with van der Waals surface area (Å²) in [4.78, 5) is 11.9. The fourth-order valence-electron chi connectivity index (χ4n) is 2.83. The summed E-state index contributed by atoms with van der Waals surface area (Å²) in [5.74, 6) is 0.983. The second-order valence-corrected chi connectivity index (χ2v) is 6.74. The third-order valence-corrected chi connectivity index (χ3v) is 4.15. The minimum atomic E-state index is 0.186. The average Bonchev–Trinajstić information content (AvgIpc) is 2.26. The van der Waals surface area contributed by atoms with Crippen molar-refractivity contribution >= 4 is 5.91 Å². The van der Waals surface area contributed by atoms with Gasteiger partial charge in [-0.05, 0) is 43.6 Å². The van der Waals surface area contributed by atoms with E-state index in [0.717, 1.165) is 31.6 Å². The van der Waals surface area contributed by atoms with E-state index in [1.54, 1.807) is 0 Å². The summed E-state index contributed by atoms with van der Waals surface area (Å²) in [5.41, 5.74) is 5.77. The van der Waals surface area contributed by atoms with Crippen LogP contribution in [0.5, 0.6) is 0 Å². The van der Waals surface area contributed by atoms with E-state index in [-0.39, 0.29) is 11.3 Å². The Kier molecular flexibility index (Phi) is 6.13. The van der Waals surface area contributed by atoms with Crippen LogP contribution in [0.25, 0.3) is 0 Å². The lowest BCUT2D eigenvalue weighted by Gasteiger charge is -2.28. The average molecular weight is 254 g/mol. The molecule has 2 unspecified atom stereocenters. The smallest absolute Gasteiger partial charge is 0.220 e. The normalized spacial score (nSPS) is 24.9. The highest BCUT2D eigenvalue weighted by Crippen LogP contribution is 2.26. The third-order valence-electron chi connectivity index (χ3n) is 4.15. The lowest BCUT2D eigenvalue weighted by molar-refractivity contribution is -0.122. The second kappa shape index (κ2) is 7.13. The van der Waals surface area contributed by atoms with Gasteiger partial charge in [0, 0.05) is 12.5 Å². The summed E-state index contributed by atoms with van der Waals surface area (Å²) in [5, 5.41) is 3.19. The van der Waals surface area contributed by atoms with Crippen LogP contribution in [0.4, 0.5) is 0 Å². The predicted molar refractivity (Wildman–Crippen MR) is 76.2 cm³/mol. The van der Waals surface area contributed by atoms with E-state index in [9.17, 15) is 4.79 Å². The molecule has 3 N–H and O–H groups in total. The van der Waals surface area contributed by atoms with Crippen LogP contribution in [-0.4, -0.2) is 18.5 Å². The van der Waals surface area contributed by atoms with Crippen LogP contribution in [0.2, 0.25) is 0 Å². The molecule has 0 saturated heterocycles. The maximum atomic E-state index is 11.9. The fourth-order valence-corrected chi connectivity index (χ4v) is 2.83. The summed E-state index contributed by atoms with van der Waals surface area (Å²) in [6.07, 6.45) is 7.43. The van der Waals surface area contributed by atoms with Crippen LogP contribution >= 0.6 is 0 Å². The first kappa shape index (κ1) is 15.5. The highest BCUT2D eigenvalue weighted by atomic mass is 16.1. The maximum Gasteiger partial charge on any atom is 0.220 e. The molecular weight excluding hydrogens is 224 g/mol. The van der Waals surface area contributed by atoms with Gasteiger partial charge in [-0.15, -0.1) is 0 Å². The Balaban J connectivity index is 2.24. The van der Waals surface area contributed by atoms with Gasteiger partial charge in [-0.1, -0.05) is 33.6 Å². The van der Waals surface area contributed by atoms with E-state index < -0.39 is 0 Å². The zero-order chi connectivity index (χ0) is 13.6. The molecule has 3 nitrogen and oxygen atoms in total. The van der Waals surface area contributed by atoms with Gasteiger partial charge in [0.2, 0.25) is 5.91 Å².